The Morgan fingerprint density at radius 3 is 2.50 bits per heavy atom. The first-order chi connectivity index (χ1) is 14.1. The van der Waals surface area contributed by atoms with Crippen molar-refractivity contribution in [3.8, 4) is 23.3 Å². The number of aromatic nitrogens is 2. The van der Waals surface area contributed by atoms with Crippen molar-refractivity contribution in [2.45, 2.75) is 12.8 Å². The molecule has 0 atom stereocenters. The molecular formula is C20H20ClF2N3O4. The van der Waals surface area contributed by atoms with Gasteiger partial charge in [-0.05, 0) is 62.3 Å². The lowest BCUT2D eigenvalue weighted by Gasteiger charge is -2.14. The van der Waals surface area contributed by atoms with Gasteiger partial charge < -0.3 is 13.9 Å². The van der Waals surface area contributed by atoms with E-state index in [9.17, 15) is 13.6 Å². The molecule has 30 heavy (non-hydrogen) atoms. The van der Waals surface area contributed by atoms with Crippen LogP contribution in [0.25, 0.3) is 5.69 Å². The van der Waals surface area contributed by atoms with Crippen LogP contribution in [-0.4, -0.2) is 40.9 Å². The highest BCUT2D eigenvalue weighted by Crippen LogP contribution is 2.23. The zero-order valence-corrected chi connectivity index (χ0v) is 16.7. The Morgan fingerprint density at radius 2 is 1.80 bits per heavy atom. The molecule has 1 aromatic heterocycles. The third kappa shape index (κ3) is 5.17. The van der Waals surface area contributed by atoms with Gasteiger partial charge in [-0.3, -0.25) is 4.90 Å². The molecule has 0 radical (unpaired) electrons. The van der Waals surface area contributed by atoms with E-state index in [1.807, 2.05) is 0 Å². The predicted octanol–water partition coefficient (Wildman–Crippen LogP) is 3.79. The van der Waals surface area contributed by atoms with Crippen LogP contribution in [0.3, 0.4) is 0 Å². The first kappa shape index (κ1) is 21.8. The van der Waals surface area contributed by atoms with Gasteiger partial charge in [0.15, 0.2) is 11.6 Å². The van der Waals surface area contributed by atoms with Crippen molar-refractivity contribution in [1.29, 1.82) is 0 Å². The van der Waals surface area contributed by atoms with Crippen LogP contribution in [0.5, 0.6) is 17.6 Å². The second-order valence-electron chi connectivity index (χ2n) is 6.61. The van der Waals surface area contributed by atoms with Crippen LogP contribution in [0.2, 0.25) is 0 Å². The van der Waals surface area contributed by atoms with E-state index in [4.69, 9.17) is 13.9 Å². The minimum atomic E-state index is -0.933. The van der Waals surface area contributed by atoms with Gasteiger partial charge in [0.2, 0.25) is 0 Å². The minimum Gasteiger partial charge on any atom is -0.492 e. The molecule has 10 heteroatoms. The highest BCUT2D eigenvalue weighted by Gasteiger charge is 2.15. The van der Waals surface area contributed by atoms with Gasteiger partial charge in [0.25, 0.3) is 0 Å². The summed E-state index contributed by atoms with van der Waals surface area (Å²) in [4.78, 5) is 14.4. The van der Waals surface area contributed by atoms with E-state index in [1.165, 1.54) is 12.8 Å². The van der Waals surface area contributed by atoms with E-state index in [1.54, 1.807) is 24.3 Å². The number of halogens is 3. The number of benzene rings is 2. The first-order valence-electron chi connectivity index (χ1n) is 9.27. The number of rotatable bonds is 7. The Balaban J connectivity index is 0.00000256. The van der Waals surface area contributed by atoms with Gasteiger partial charge in [-0.25, -0.2) is 13.6 Å². The van der Waals surface area contributed by atoms with Gasteiger partial charge in [0.1, 0.15) is 18.2 Å². The predicted molar refractivity (Wildman–Crippen MR) is 107 cm³/mol. The third-order valence-corrected chi connectivity index (χ3v) is 4.58. The lowest BCUT2D eigenvalue weighted by molar-refractivity contribution is 0.238. The molecule has 2 aromatic carbocycles. The molecular weight excluding hydrogens is 420 g/mol. The van der Waals surface area contributed by atoms with Gasteiger partial charge in [0, 0.05) is 12.6 Å². The number of nitrogens with zero attached hydrogens (tertiary/aromatic N) is 3. The summed E-state index contributed by atoms with van der Waals surface area (Å²) in [6.07, 6.45) is 2.02. The molecule has 0 spiro atoms. The summed E-state index contributed by atoms with van der Waals surface area (Å²) in [6.45, 7) is 3.70. The fraction of sp³-hybridized carbons (Fsp3) is 0.300. The molecule has 1 aliphatic rings. The molecule has 0 unspecified atom stereocenters. The van der Waals surface area contributed by atoms with E-state index >= 15 is 0 Å². The van der Waals surface area contributed by atoms with Crippen LogP contribution in [-0.2, 0) is 0 Å². The van der Waals surface area contributed by atoms with Crippen molar-refractivity contribution in [1.82, 2.24) is 14.7 Å². The Kier molecular flexibility index (Phi) is 7.07. The lowest BCUT2D eigenvalue weighted by atomic mass is 10.3. The highest BCUT2D eigenvalue weighted by atomic mass is 35.5. The molecule has 1 fully saturated rings. The standard InChI is InChI=1S/C20H19F2N3O4.ClH/c21-14-3-8-18(17(22)13-14)28-19-23-25(20(26)29-19)15-4-6-16(7-5-15)27-12-11-24-9-1-2-10-24;/h3-8,13H,1-2,9-12H2;1H. The van der Waals surface area contributed by atoms with Crippen molar-refractivity contribution >= 4 is 12.4 Å². The zero-order chi connectivity index (χ0) is 20.2. The van der Waals surface area contributed by atoms with Gasteiger partial charge in [-0.2, -0.15) is 4.68 Å². The third-order valence-electron chi connectivity index (χ3n) is 4.58. The maximum Gasteiger partial charge on any atom is 0.444 e. The van der Waals surface area contributed by atoms with Crippen molar-refractivity contribution in [2.24, 2.45) is 0 Å². The first-order valence-corrected chi connectivity index (χ1v) is 9.27. The van der Waals surface area contributed by atoms with Crippen LogP contribution >= 0.6 is 12.4 Å². The summed E-state index contributed by atoms with van der Waals surface area (Å²) < 4.78 is 43.3. The number of likely N-dealkylation sites (tertiary alicyclic amines) is 1. The molecule has 4 rings (SSSR count). The minimum absolute atomic E-state index is 0. The number of ether oxygens (including phenoxy) is 2. The van der Waals surface area contributed by atoms with Crippen molar-refractivity contribution in [2.75, 3.05) is 26.2 Å². The van der Waals surface area contributed by atoms with E-state index in [0.717, 1.165) is 36.4 Å². The van der Waals surface area contributed by atoms with Crippen LogP contribution in [0.1, 0.15) is 12.8 Å². The average molecular weight is 440 g/mol. The van der Waals surface area contributed by atoms with Crippen molar-refractivity contribution < 1.29 is 22.7 Å². The average Bonchev–Trinajstić information content (AvgIpc) is 3.34. The van der Waals surface area contributed by atoms with Crippen LogP contribution in [0.15, 0.2) is 51.7 Å². The SMILES string of the molecule is Cl.O=c1oc(Oc2ccc(F)cc2F)nn1-c1ccc(OCCN2CCCC2)cc1. The Labute approximate surface area is 177 Å². The maximum absolute atomic E-state index is 13.7. The lowest BCUT2D eigenvalue weighted by Crippen LogP contribution is -2.25. The van der Waals surface area contributed by atoms with E-state index in [2.05, 4.69) is 10.00 Å². The normalized spacial score (nSPS) is 13.8. The maximum atomic E-state index is 13.7. The largest absolute Gasteiger partial charge is 0.492 e. The van der Waals surface area contributed by atoms with E-state index in [0.29, 0.717) is 24.1 Å². The summed E-state index contributed by atoms with van der Waals surface area (Å²) in [5, 5.41) is 3.89. The number of hydrogen-bond donors (Lipinski definition) is 0. The Bertz CT molecular complexity index is 1030. The van der Waals surface area contributed by atoms with Gasteiger partial charge >= 0.3 is 11.8 Å². The van der Waals surface area contributed by atoms with Gasteiger partial charge in [-0.1, -0.05) is 5.10 Å². The molecule has 3 aromatic rings. The van der Waals surface area contributed by atoms with Crippen molar-refractivity contribution in [3.63, 3.8) is 0 Å². The van der Waals surface area contributed by atoms with E-state index in [-0.39, 0.29) is 18.2 Å². The Hall–Kier alpha value is -2.91. The van der Waals surface area contributed by atoms with Crippen molar-refractivity contribution in [3.05, 3.63) is 64.6 Å². The fourth-order valence-electron chi connectivity index (χ4n) is 3.10. The summed E-state index contributed by atoms with van der Waals surface area (Å²) in [6, 6.07) is 9.51. The molecule has 7 nitrogen and oxygen atoms in total. The summed E-state index contributed by atoms with van der Waals surface area (Å²) in [7, 11) is 0. The fourth-order valence-corrected chi connectivity index (χ4v) is 3.10. The van der Waals surface area contributed by atoms with Crippen LogP contribution in [0.4, 0.5) is 8.78 Å². The molecule has 1 saturated heterocycles. The molecule has 0 N–H and O–H groups in total. The molecule has 1 aliphatic heterocycles. The van der Waals surface area contributed by atoms with E-state index < -0.39 is 23.5 Å². The molecule has 160 valence electrons. The highest BCUT2D eigenvalue weighted by molar-refractivity contribution is 5.85. The monoisotopic (exact) mass is 439 g/mol. The molecule has 2 heterocycles. The summed E-state index contributed by atoms with van der Waals surface area (Å²) >= 11 is 0. The van der Waals surface area contributed by atoms with Crippen LogP contribution in [0, 0.1) is 11.6 Å². The molecule has 0 saturated carbocycles. The van der Waals surface area contributed by atoms with Crippen LogP contribution < -0.4 is 15.2 Å². The van der Waals surface area contributed by atoms with Gasteiger partial charge in [0.05, 0.1) is 5.69 Å². The van der Waals surface area contributed by atoms with Gasteiger partial charge in [-0.15, -0.1) is 12.4 Å². The zero-order valence-electron chi connectivity index (χ0n) is 15.9. The summed E-state index contributed by atoms with van der Waals surface area (Å²) in [5.74, 6) is -2.11. The smallest absolute Gasteiger partial charge is 0.444 e. The number of hydrogen-bond acceptors (Lipinski definition) is 6. The summed E-state index contributed by atoms with van der Waals surface area (Å²) in [5.41, 5.74) is 0.431. The molecule has 0 aliphatic carbocycles. The molecule has 0 bridgehead atoms. The second-order valence-corrected chi connectivity index (χ2v) is 6.61. The topological polar surface area (TPSA) is 69.7 Å². The molecule has 0 amide bonds. The quantitative estimate of drug-likeness (QED) is 0.558. The Morgan fingerprint density at radius 1 is 1.07 bits per heavy atom. The second kappa shape index (κ2) is 9.73.